The van der Waals surface area contributed by atoms with Crippen molar-refractivity contribution in [2.75, 3.05) is 13.2 Å². The van der Waals surface area contributed by atoms with Gasteiger partial charge in [-0.25, -0.2) is 0 Å². The average molecular weight is 194 g/mol. The highest BCUT2D eigenvalue weighted by Crippen LogP contribution is 2.75. The number of hydrogen-bond donors (Lipinski definition) is 0. The first-order valence-corrected chi connectivity index (χ1v) is 6.26. The van der Waals surface area contributed by atoms with E-state index >= 15 is 0 Å². The number of hydrogen-bond acceptors (Lipinski definition) is 1. The van der Waals surface area contributed by atoms with Crippen molar-refractivity contribution in [1.29, 1.82) is 0 Å². The second-order valence-electron chi connectivity index (χ2n) is 6.29. The third-order valence-corrected chi connectivity index (χ3v) is 4.91. The number of rotatable bonds is 3. The molecule has 0 radical (unpaired) electrons. The van der Waals surface area contributed by atoms with Gasteiger partial charge in [0.15, 0.2) is 0 Å². The van der Waals surface area contributed by atoms with Crippen molar-refractivity contribution in [2.24, 2.45) is 22.7 Å². The van der Waals surface area contributed by atoms with Crippen LogP contribution in [0.1, 0.15) is 46.0 Å². The largest absolute Gasteiger partial charge is 0.381 e. The molecule has 14 heavy (non-hydrogen) atoms. The molecule has 0 aromatic carbocycles. The molecule has 0 heterocycles. The lowest BCUT2D eigenvalue weighted by Gasteiger charge is -2.39. The summed E-state index contributed by atoms with van der Waals surface area (Å²) < 4.78 is 5.71. The maximum absolute atomic E-state index is 5.71. The summed E-state index contributed by atoms with van der Waals surface area (Å²) in [6.07, 6.45) is 7.48. The normalized spacial score (nSPS) is 54.4. The summed E-state index contributed by atoms with van der Waals surface area (Å²) in [5.74, 6) is 2.05. The topological polar surface area (TPSA) is 9.23 Å². The fraction of sp³-hybridized carbons (Fsp3) is 1.00. The standard InChI is InChI=1S/C13H22O/c1-3-14-9-12-4-10(2)5-13(8-12)7-11(13)6-12/h10-11H,3-9H2,1-2H3. The lowest BCUT2D eigenvalue weighted by atomic mass is 9.68. The molecular formula is C13H22O. The first kappa shape index (κ1) is 9.21. The molecule has 0 aromatic rings. The van der Waals surface area contributed by atoms with Gasteiger partial charge in [0.05, 0.1) is 6.61 Å². The highest BCUT2D eigenvalue weighted by Gasteiger charge is 2.67. The molecule has 2 bridgehead atoms. The van der Waals surface area contributed by atoms with Crippen LogP contribution in [0.15, 0.2) is 0 Å². The molecule has 0 saturated heterocycles. The molecule has 0 amide bonds. The highest BCUT2D eigenvalue weighted by molar-refractivity contribution is 5.17. The molecule has 3 aliphatic carbocycles. The van der Waals surface area contributed by atoms with E-state index in [-0.39, 0.29) is 0 Å². The molecule has 0 aromatic heterocycles. The molecule has 1 nitrogen and oxygen atoms in total. The molecule has 1 spiro atoms. The van der Waals surface area contributed by atoms with Crippen LogP contribution in [-0.4, -0.2) is 13.2 Å². The molecule has 3 aliphatic rings. The minimum absolute atomic E-state index is 0.608. The first-order chi connectivity index (χ1) is 6.68. The fourth-order valence-corrected chi connectivity index (χ4v) is 4.75. The smallest absolute Gasteiger partial charge is 0.0522 e. The predicted molar refractivity (Wildman–Crippen MR) is 57.1 cm³/mol. The van der Waals surface area contributed by atoms with E-state index < -0.39 is 0 Å². The van der Waals surface area contributed by atoms with Crippen LogP contribution in [0.2, 0.25) is 0 Å². The Morgan fingerprint density at radius 1 is 1.21 bits per heavy atom. The van der Waals surface area contributed by atoms with Gasteiger partial charge >= 0.3 is 0 Å². The van der Waals surface area contributed by atoms with Crippen LogP contribution in [0.3, 0.4) is 0 Å². The van der Waals surface area contributed by atoms with Crippen molar-refractivity contribution in [3.63, 3.8) is 0 Å². The Balaban J connectivity index is 1.75. The Morgan fingerprint density at radius 3 is 2.86 bits per heavy atom. The summed E-state index contributed by atoms with van der Waals surface area (Å²) in [7, 11) is 0. The van der Waals surface area contributed by atoms with Gasteiger partial charge in [-0.3, -0.25) is 0 Å². The Kier molecular flexibility index (Phi) is 1.81. The maximum atomic E-state index is 5.71. The van der Waals surface area contributed by atoms with E-state index in [4.69, 9.17) is 4.74 Å². The Hall–Kier alpha value is -0.0400. The van der Waals surface area contributed by atoms with Gasteiger partial charge in [0.1, 0.15) is 0 Å². The van der Waals surface area contributed by atoms with Gasteiger partial charge < -0.3 is 4.74 Å². The van der Waals surface area contributed by atoms with Gasteiger partial charge in [0.2, 0.25) is 0 Å². The molecule has 3 rings (SSSR count). The fourth-order valence-electron chi connectivity index (χ4n) is 4.75. The summed E-state index contributed by atoms with van der Waals surface area (Å²) in [5.41, 5.74) is 1.42. The zero-order valence-electron chi connectivity index (χ0n) is 9.51. The van der Waals surface area contributed by atoms with E-state index in [1.165, 1.54) is 25.7 Å². The minimum Gasteiger partial charge on any atom is -0.381 e. The van der Waals surface area contributed by atoms with Gasteiger partial charge in [-0.05, 0) is 61.7 Å². The summed E-state index contributed by atoms with van der Waals surface area (Å²) in [4.78, 5) is 0. The highest BCUT2D eigenvalue weighted by atomic mass is 16.5. The van der Waals surface area contributed by atoms with Crippen LogP contribution < -0.4 is 0 Å². The molecule has 80 valence electrons. The third kappa shape index (κ3) is 1.18. The Morgan fingerprint density at radius 2 is 2.07 bits per heavy atom. The third-order valence-electron chi connectivity index (χ3n) is 4.91. The van der Waals surface area contributed by atoms with Crippen molar-refractivity contribution in [3.8, 4) is 0 Å². The number of ether oxygens (including phenoxy) is 1. The second kappa shape index (κ2) is 2.75. The van der Waals surface area contributed by atoms with Crippen LogP contribution in [0.25, 0.3) is 0 Å². The predicted octanol–water partition coefficient (Wildman–Crippen LogP) is 3.24. The van der Waals surface area contributed by atoms with Gasteiger partial charge in [0.25, 0.3) is 0 Å². The first-order valence-electron chi connectivity index (χ1n) is 6.26. The molecule has 4 atom stereocenters. The zero-order valence-corrected chi connectivity index (χ0v) is 9.51. The van der Waals surface area contributed by atoms with Crippen LogP contribution in [0, 0.1) is 22.7 Å². The molecule has 3 saturated carbocycles. The zero-order chi connectivity index (χ0) is 9.81. The molecule has 0 N–H and O–H groups in total. The quantitative estimate of drug-likeness (QED) is 0.670. The van der Waals surface area contributed by atoms with Crippen molar-refractivity contribution in [3.05, 3.63) is 0 Å². The summed E-state index contributed by atoms with van der Waals surface area (Å²) in [5, 5.41) is 0. The van der Waals surface area contributed by atoms with Gasteiger partial charge in [-0.2, -0.15) is 0 Å². The van der Waals surface area contributed by atoms with E-state index in [0.29, 0.717) is 5.41 Å². The molecular weight excluding hydrogens is 172 g/mol. The van der Waals surface area contributed by atoms with Crippen LogP contribution >= 0.6 is 0 Å². The second-order valence-corrected chi connectivity index (χ2v) is 6.29. The average Bonchev–Trinajstić information content (AvgIpc) is 2.66. The monoisotopic (exact) mass is 194 g/mol. The number of fused-ring (bicyclic) bond motifs is 1. The van der Waals surface area contributed by atoms with E-state index in [1.807, 2.05) is 0 Å². The van der Waals surface area contributed by atoms with Crippen LogP contribution in [0.4, 0.5) is 0 Å². The molecule has 4 unspecified atom stereocenters. The Labute approximate surface area is 87.2 Å². The van der Waals surface area contributed by atoms with E-state index in [0.717, 1.165) is 30.5 Å². The van der Waals surface area contributed by atoms with Crippen LogP contribution in [0.5, 0.6) is 0 Å². The van der Waals surface area contributed by atoms with Gasteiger partial charge in [-0.1, -0.05) is 6.92 Å². The maximum Gasteiger partial charge on any atom is 0.0522 e. The SMILES string of the molecule is CCOCC12CC(C)CC3(CC3C1)C2. The van der Waals surface area contributed by atoms with Crippen molar-refractivity contribution in [2.45, 2.75) is 46.0 Å². The molecule has 0 aliphatic heterocycles. The Bertz CT molecular complexity index is 246. The summed E-state index contributed by atoms with van der Waals surface area (Å²) >= 11 is 0. The molecule has 1 heteroatoms. The minimum atomic E-state index is 0.608. The van der Waals surface area contributed by atoms with Crippen LogP contribution in [-0.2, 0) is 4.74 Å². The van der Waals surface area contributed by atoms with Crippen molar-refractivity contribution in [1.82, 2.24) is 0 Å². The lowest BCUT2D eigenvalue weighted by Crippen LogP contribution is -2.33. The molecule has 3 fully saturated rings. The van der Waals surface area contributed by atoms with Gasteiger partial charge in [0, 0.05) is 6.61 Å². The van der Waals surface area contributed by atoms with E-state index in [1.54, 1.807) is 6.42 Å². The van der Waals surface area contributed by atoms with Crippen molar-refractivity contribution >= 4 is 0 Å². The van der Waals surface area contributed by atoms with E-state index in [9.17, 15) is 0 Å². The van der Waals surface area contributed by atoms with Crippen molar-refractivity contribution < 1.29 is 4.74 Å². The van der Waals surface area contributed by atoms with E-state index in [2.05, 4.69) is 13.8 Å². The summed E-state index contributed by atoms with van der Waals surface area (Å²) in [6.45, 7) is 6.51. The summed E-state index contributed by atoms with van der Waals surface area (Å²) in [6, 6.07) is 0. The lowest BCUT2D eigenvalue weighted by molar-refractivity contribution is 0.00800. The van der Waals surface area contributed by atoms with Gasteiger partial charge in [-0.15, -0.1) is 0 Å².